The molecule has 8 heavy (non-hydrogen) atoms. The molecule has 0 aromatic heterocycles. The monoisotopic (exact) mass is 117 g/mol. The Morgan fingerprint density at radius 1 is 1.50 bits per heavy atom. The van der Waals surface area contributed by atoms with Crippen molar-refractivity contribution in [1.82, 2.24) is 10.6 Å². The number of likely N-dealkylation sites (N-methyl/N-ethyl adjacent to an activating group) is 2. The molecule has 0 rings (SSSR count). The average molecular weight is 117 g/mol. The van der Waals surface area contributed by atoms with E-state index in [9.17, 15) is 0 Å². The molecule has 3 nitrogen and oxygen atoms in total. The Hall–Kier alpha value is -0.120. The Morgan fingerprint density at radius 3 is 2.25 bits per heavy atom. The van der Waals surface area contributed by atoms with Crippen LogP contribution in [-0.2, 0) is 0 Å². The van der Waals surface area contributed by atoms with Gasteiger partial charge in [0, 0.05) is 19.1 Å². The number of hydrogen-bond donors (Lipinski definition) is 3. The number of hydrogen-bond acceptors (Lipinski definition) is 3. The molecule has 0 aromatic rings. The summed E-state index contributed by atoms with van der Waals surface area (Å²) in [6.07, 6.45) is 0. The van der Waals surface area contributed by atoms with Crippen molar-refractivity contribution in [3.8, 4) is 0 Å². The normalized spacial score (nSPS) is 13.9. The molecule has 0 saturated carbocycles. The summed E-state index contributed by atoms with van der Waals surface area (Å²) in [6, 6.07) is 0.417. The summed E-state index contributed by atoms with van der Waals surface area (Å²) in [4.78, 5) is 0. The van der Waals surface area contributed by atoms with E-state index in [1.54, 1.807) is 0 Å². The lowest BCUT2D eigenvalue weighted by molar-refractivity contribution is 0.541. The van der Waals surface area contributed by atoms with Crippen molar-refractivity contribution < 1.29 is 0 Å². The predicted octanol–water partition coefficient (Wildman–Crippen LogP) is -1.25. The van der Waals surface area contributed by atoms with Gasteiger partial charge in [0.05, 0.1) is 0 Å². The molecule has 3 heteroatoms. The molecule has 0 radical (unpaired) electrons. The van der Waals surface area contributed by atoms with E-state index in [0.29, 0.717) is 12.6 Å². The summed E-state index contributed by atoms with van der Waals surface area (Å²) in [6.45, 7) is 1.63. The van der Waals surface area contributed by atoms with Crippen molar-refractivity contribution in [3.63, 3.8) is 0 Å². The van der Waals surface area contributed by atoms with Gasteiger partial charge in [-0.3, -0.25) is 0 Å². The maximum atomic E-state index is 5.37. The second-order valence-corrected chi connectivity index (χ2v) is 1.78. The maximum Gasteiger partial charge on any atom is 0.0312 e. The smallest absolute Gasteiger partial charge is 0.0312 e. The van der Waals surface area contributed by atoms with Crippen LogP contribution in [0.25, 0.3) is 0 Å². The maximum absolute atomic E-state index is 5.37. The highest BCUT2D eigenvalue weighted by Gasteiger charge is 1.97. The fraction of sp³-hybridized carbons (Fsp3) is 1.00. The standard InChI is InChI=1S/C5H15N3/c1-7-4-5(3-6)8-2/h5,7-8H,3-4,6H2,1-2H3/t5-/m1/s1. The Bertz CT molecular complexity index is 42.9. The van der Waals surface area contributed by atoms with Crippen molar-refractivity contribution in [2.24, 2.45) is 5.73 Å². The first-order valence-electron chi connectivity index (χ1n) is 2.87. The van der Waals surface area contributed by atoms with Gasteiger partial charge >= 0.3 is 0 Å². The van der Waals surface area contributed by atoms with E-state index in [4.69, 9.17) is 5.73 Å². The fourth-order valence-electron chi connectivity index (χ4n) is 0.550. The Labute approximate surface area is 50.6 Å². The van der Waals surface area contributed by atoms with E-state index in [-0.39, 0.29) is 0 Å². The number of nitrogens with two attached hydrogens (primary N) is 1. The van der Waals surface area contributed by atoms with Crippen molar-refractivity contribution in [2.75, 3.05) is 27.2 Å². The van der Waals surface area contributed by atoms with Gasteiger partial charge in [-0.15, -0.1) is 0 Å². The number of nitrogens with one attached hydrogen (secondary N) is 2. The minimum atomic E-state index is 0.417. The largest absolute Gasteiger partial charge is 0.329 e. The van der Waals surface area contributed by atoms with Crippen LogP contribution in [0.1, 0.15) is 0 Å². The molecular weight excluding hydrogens is 102 g/mol. The molecule has 0 bridgehead atoms. The summed E-state index contributed by atoms with van der Waals surface area (Å²) < 4.78 is 0. The molecule has 0 heterocycles. The van der Waals surface area contributed by atoms with Crippen LogP contribution in [0.2, 0.25) is 0 Å². The van der Waals surface area contributed by atoms with Gasteiger partial charge in [0.25, 0.3) is 0 Å². The van der Waals surface area contributed by atoms with E-state index in [0.717, 1.165) is 6.54 Å². The first-order valence-corrected chi connectivity index (χ1v) is 2.87. The third kappa shape index (κ3) is 2.96. The van der Waals surface area contributed by atoms with Gasteiger partial charge in [-0.05, 0) is 14.1 Å². The molecule has 1 atom stereocenters. The van der Waals surface area contributed by atoms with Gasteiger partial charge in [0.2, 0.25) is 0 Å². The van der Waals surface area contributed by atoms with Crippen molar-refractivity contribution in [1.29, 1.82) is 0 Å². The van der Waals surface area contributed by atoms with E-state index in [1.807, 2.05) is 14.1 Å². The summed E-state index contributed by atoms with van der Waals surface area (Å²) in [5, 5.41) is 6.09. The minimum absolute atomic E-state index is 0.417. The van der Waals surface area contributed by atoms with Gasteiger partial charge in [0.15, 0.2) is 0 Å². The molecule has 0 aliphatic rings. The van der Waals surface area contributed by atoms with Crippen LogP contribution < -0.4 is 16.4 Å². The van der Waals surface area contributed by atoms with E-state index in [1.165, 1.54) is 0 Å². The van der Waals surface area contributed by atoms with Crippen molar-refractivity contribution >= 4 is 0 Å². The summed E-state index contributed by atoms with van der Waals surface area (Å²) in [7, 11) is 3.83. The zero-order valence-electron chi connectivity index (χ0n) is 5.57. The molecule has 0 spiro atoms. The fourth-order valence-corrected chi connectivity index (χ4v) is 0.550. The van der Waals surface area contributed by atoms with E-state index < -0.39 is 0 Å². The van der Waals surface area contributed by atoms with E-state index in [2.05, 4.69) is 10.6 Å². The highest BCUT2D eigenvalue weighted by molar-refractivity contribution is 4.65. The predicted molar refractivity (Wildman–Crippen MR) is 35.8 cm³/mol. The average Bonchev–Trinajstić information content (AvgIpc) is 1.83. The lowest BCUT2D eigenvalue weighted by Gasteiger charge is -2.11. The molecular formula is C5H15N3. The van der Waals surface area contributed by atoms with Gasteiger partial charge in [-0.1, -0.05) is 0 Å². The SMILES string of the molecule is CNC[C@@H](CN)NC. The molecule has 0 aromatic carbocycles. The highest BCUT2D eigenvalue weighted by Crippen LogP contribution is 1.71. The third-order valence-corrected chi connectivity index (χ3v) is 1.14. The van der Waals surface area contributed by atoms with Gasteiger partial charge < -0.3 is 16.4 Å². The van der Waals surface area contributed by atoms with Gasteiger partial charge in [0.1, 0.15) is 0 Å². The molecule has 0 fully saturated rings. The number of rotatable bonds is 4. The lowest BCUT2D eigenvalue weighted by Crippen LogP contribution is -2.40. The zero-order chi connectivity index (χ0) is 6.41. The molecule has 50 valence electrons. The molecule has 0 aliphatic heterocycles. The summed E-state index contributed by atoms with van der Waals surface area (Å²) in [5.74, 6) is 0. The van der Waals surface area contributed by atoms with Crippen molar-refractivity contribution in [2.45, 2.75) is 6.04 Å². The van der Waals surface area contributed by atoms with Crippen LogP contribution in [0.3, 0.4) is 0 Å². The summed E-state index contributed by atoms with van der Waals surface area (Å²) >= 11 is 0. The second kappa shape index (κ2) is 5.03. The summed E-state index contributed by atoms with van der Waals surface area (Å²) in [5.41, 5.74) is 5.37. The van der Waals surface area contributed by atoms with Crippen LogP contribution in [-0.4, -0.2) is 33.2 Å². The molecule has 4 N–H and O–H groups in total. The lowest BCUT2D eigenvalue weighted by atomic mass is 10.3. The first-order chi connectivity index (χ1) is 3.85. The van der Waals surface area contributed by atoms with Crippen LogP contribution in [0.5, 0.6) is 0 Å². The Kier molecular flexibility index (Phi) is 4.95. The van der Waals surface area contributed by atoms with Gasteiger partial charge in [-0.25, -0.2) is 0 Å². The molecule has 0 unspecified atom stereocenters. The Balaban J connectivity index is 3.07. The third-order valence-electron chi connectivity index (χ3n) is 1.14. The van der Waals surface area contributed by atoms with Crippen LogP contribution in [0, 0.1) is 0 Å². The zero-order valence-corrected chi connectivity index (χ0v) is 5.57. The highest BCUT2D eigenvalue weighted by atomic mass is 15.0. The molecule has 0 amide bonds. The second-order valence-electron chi connectivity index (χ2n) is 1.78. The van der Waals surface area contributed by atoms with Crippen LogP contribution in [0.4, 0.5) is 0 Å². The van der Waals surface area contributed by atoms with Crippen LogP contribution in [0.15, 0.2) is 0 Å². The first kappa shape index (κ1) is 7.88. The quantitative estimate of drug-likeness (QED) is 0.431. The van der Waals surface area contributed by atoms with Crippen molar-refractivity contribution in [3.05, 3.63) is 0 Å². The van der Waals surface area contributed by atoms with Gasteiger partial charge in [-0.2, -0.15) is 0 Å². The van der Waals surface area contributed by atoms with Crippen LogP contribution >= 0.6 is 0 Å². The minimum Gasteiger partial charge on any atom is -0.329 e. The topological polar surface area (TPSA) is 50.1 Å². The Morgan fingerprint density at radius 2 is 2.12 bits per heavy atom. The van der Waals surface area contributed by atoms with E-state index >= 15 is 0 Å². The molecule has 0 saturated heterocycles. The molecule has 0 aliphatic carbocycles.